The average molecular weight is 433 g/mol. The Hall–Kier alpha value is -3.48. The molecule has 7 heteroatoms. The highest BCUT2D eigenvalue weighted by Gasteiger charge is 2.28. The van der Waals surface area contributed by atoms with E-state index in [9.17, 15) is 9.59 Å². The van der Waals surface area contributed by atoms with Crippen molar-refractivity contribution in [3.63, 3.8) is 0 Å². The van der Waals surface area contributed by atoms with Gasteiger partial charge in [0.05, 0.1) is 12.3 Å². The van der Waals surface area contributed by atoms with Crippen LogP contribution in [0.5, 0.6) is 5.75 Å². The van der Waals surface area contributed by atoms with Gasteiger partial charge in [0, 0.05) is 37.7 Å². The fraction of sp³-hybridized carbons (Fsp3) is 0.360. The number of nitrogens with zero attached hydrogens (tertiary/aromatic N) is 3. The summed E-state index contributed by atoms with van der Waals surface area (Å²) in [5.41, 5.74) is 3.44. The summed E-state index contributed by atoms with van der Waals surface area (Å²) in [6, 6.07) is 13.1. The first-order valence-corrected chi connectivity index (χ1v) is 11.0. The zero-order valence-electron chi connectivity index (χ0n) is 18.5. The molecule has 0 radical (unpaired) electrons. The number of pyridine rings is 1. The number of aromatic nitrogens is 3. The van der Waals surface area contributed by atoms with Gasteiger partial charge in [-0.2, -0.15) is 0 Å². The zero-order valence-corrected chi connectivity index (χ0v) is 18.5. The highest BCUT2D eigenvalue weighted by atomic mass is 16.5. The molecule has 0 saturated carbocycles. The number of nitrogens with one attached hydrogen (secondary N) is 1. The Morgan fingerprint density at radius 2 is 2.09 bits per heavy atom. The Labute approximate surface area is 187 Å². The van der Waals surface area contributed by atoms with Crippen LogP contribution in [-0.2, 0) is 4.79 Å². The van der Waals surface area contributed by atoms with Crippen LogP contribution in [0.25, 0.3) is 11.5 Å². The molecule has 0 bridgehead atoms. The number of rotatable bonds is 7. The number of benzene rings is 1. The van der Waals surface area contributed by atoms with Gasteiger partial charge in [-0.3, -0.25) is 14.6 Å². The monoisotopic (exact) mass is 432 g/mol. The standard InChI is InChI=1S/C25H28N4O3/c1-17-8-9-22(18(2)14-17)32-13-5-7-24(31)29-12-10-19(16-29)21-15-23(30)28-25(27-21)20-6-3-4-11-26-20/h3-4,6,8-9,11,14-15,19H,5,7,10,12-13,16H2,1-2H3,(H,27,28,30). The first-order valence-electron chi connectivity index (χ1n) is 11.0. The summed E-state index contributed by atoms with van der Waals surface area (Å²) < 4.78 is 5.84. The highest BCUT2D eigenvalue weighted by Crippen LogP contribution is 2.27. The Kier molecular flexibility index (Phi) is 6.63. The molecule has 1 aromatic carbocycles. The molecular formula is C25H28N4O3. The van der Waals surface area contributed by atoms with E-state index in [-0.39, 0.29) is 17.4 Å². The molecule has 1 fully saturated rings. The summed E-state index contributed by atoms with van der Waals surface area (Å²) in [6.07, 6.45) is 3.57. The van der Waals surface area contributed by atoms with Crippen LogP contribution in [-0.4, -0.2) is 45.5 Å². The van der Waals surface area contributed by atoms with Crippen LogP contribution >= 0.6 is 0 Å². The van der Waals surface area contributed by atoms with Gasteiger partial charge in [0.15, 0.2) is 5.82 Å². The third-order valence-electron chi connectivity index (χ3n) is 5.75. The van der Waals surface area contributed by atoms with E-state index in [0.29, 0.717) is 49.8 Å². The van der Waals surface area contributed by atoms with Crippen LogP contribution in [0, 0.1) is 13.8 Å². The fourth-order valence-corrected chi connectivity index (χ4v) is 4.06. The molecule has 1 aliphatic rings. The lowest BCUT2D eigenvalue weighted by atomic mass is 10.0. The van der Waals surface area contributed by atoms with Crippen molar-refractivity contribution in [3.8, 4) is 17.3 Å². The van der Waals surface area contributed by atoms with Gasteiger partial charge in [-0.05, 0) is 50.5 Å². The van der Waals surface area contributed by atoms with Gasteiger partial charge >= 0.3 is 0 Å². The van der Waals surface area contributed by atoms with Gasteiger partial charge in [0.1, 0.15) is 11.4 Å². The van der Waals surface area contributed by atoms with Crippen molar-refractivity contribution in [1.82, 2.24) is 19.9 Å². The topological polar surface area (TPSA) is 88.2 Å². The third-order valence-corrected chi connectivity index (χ3v) is 5.75. The minimum absolute atomic E-state index is 0.0511. The zero-order chi connectivity index (χ0) is 22.5. The minimum Gasteiger partial charge on any atom is -0.493 e. The van der Waals surface area contributed by atoms with Crippen LogP contribution in [0.3, 0.4) is 0 Å². The molecule has 7 nitrogen and oxygen atoms in total. The average Bonchev–Trinajstić information content (AvgIpc) is 3.28. The van der Waals surface area contributed by atoms with Crippen LogP contribution in [0.1, 0.15) is 42.0 Å². The largest absolute Gasteiger partial charge is 0.493 e. The maximum absolute atomic E-state index is 12.7. The summed E-state index contributed by atoms with van der Waals surface area (Å²) in [5, 5.41) is 0. The number of carbonyl (C=O) groups is 1. The maximum Gasteiger partial charge on any atom is 0.251 e. The first kappa shape index (κ1) is 21.7. The summed E-state index contributed by atoms with van der Waals surface area (Å²) >= 11 is 0. The van der Waals surface area contributed by atoms with Crippen molar-refractivity contribution in [3.05, 3.63) is 75.8 Å². The van der Waals surface area contributed by atoms with Crippen molar-refractivity contribution in [2.24, 2.45) is 0 Å². The van der Waals surface area contributed by atoms with Gasteiger partial charge in [-0.15, -0.1) is 0 Å². The molecule has 1 saturated heterocycles. The minimum atomic E-state index is -0.205. The quantitative estimate of drug-likeness (QED) is 0.576. The van der Waals surface area contributed by atoms with Gasteiger partial charge in [-0.25, -0.2) is 4.98 Å². The SMILES string of the molecule is Cc1ccc(OCCCC(=O)N2CCC(c3cc(=O)[nH]c(-c4ccccn4)n3)C2)c(C)c1. The summed E-state index contributed by atoms with van der Waals surface area (Å²) in [7, 11) is 0. The third kappa shape index (κ3) is 5.22. The number of carbonyl (C=O) groups excluding carboxylic acids is 1. The molecule has 1 amide bonds. The molecule has 1 N–H and O–H groups in total. The highest BCUT2D eigenvalue weighted by molar-refractivity contribution is 5.76. The van der Waals surface area contributed by atoms with E-state index in [4.69, 9.17) is 4.74 Å². The first-order chi connectivity index (χ1) is 15.5. The molecule has 1 atom stereocenters. The lowest BCUT2D eigenvalue weighted by molar-refractivity contribution is -0.130. The number of aryl methyl sites for hydroxylation is 2. The molecule has 4 rings (SSSR count). The molecule has 166 valence electrons. The summed E-state index contributed by atoms with van der Waals surface area (Å²) in [4.78, 5) is 38.4. The molecular weight excluding hydrogens is 404 g/mol. The Bertz CT molecular complexity index is 1140. The number of hydrogen-bond acceptors (Lipinski definition) is 5. The number of hydrogen-bond donors (Lipinski definition) is 1. The molecule has 1 unspecified atom stereocenters. The molecule has 2 aromatic heterocycles. The lowest BCUT2D eigenvalue weighted by Gasteiger charge is -2.17. The lowest BCUT2D eigenvalue weighted by Crippen LogP contribution is -2.28. The van der Waals surface area contributed by atoms with Gasteiger partial charge < -0.3 is 14.6 Å². The van der Waals surface area contributed by atoms with Crippen molar-refractivity contribution in [1.29, 1.82) is 0 Å². The van der Waals surface area contributed by atoms with E-state index in [1.54, 1.807) is 6.20 Å². The van der Waals surface area contributed by atoms with Gasteiger partial charge in [0.2, 0.25) is 5.91 Å². The second kappa shape index (κ2) is 9.77. The number of aromatic amines is 1. The van der Waals surface area contributed by atoms with Crippen molar-refractivity contribution in [2.45, 2.75) is 39.0 Å². The Balaban J connectivity index is 1.31. The van der Waals surface area contributed by atoms with Gasteiger partial charge in [-0.1, -0.05) is 23.8 Å². The van der Waals surface area contributed by atoms with Crippen LogP contribution in [0.15, 0.2) is 53.5 Å². The number of ether oxygens (including phenoxy) is 1. The predicted molar refractivity (Wildman–Crippen MR) is 123 cm³/mol. The van der Waals surface area contributed by atoms with Crippen LogP contribution in [0.4, 0.5) is 0 Å². The fourth-order valence-electron chi connectivity index (χ4n) is 4.06. The molecule has 3 aromatic rings. The number of amides is 1. The summed E-state index contributed by atoms with van der Waals surface area (Å²) in [6.45, 7) is 5.85. The molecule has 3 heterocycles. The Morgan fingerprint density at radius 1 is 1.22 bits per heavy atom. The number of H-pyrrole nitrogens is 1. The maximum atomic E-state index is 12.7. The Morgan fingerprint density at radius 3 is 2.88 bits per heavy atom. The molecule has 0 spiro atoms. The molecule has 32 heavy (non-hydrogen) atoms. The van der Waals surface area contributed by atoms with Crippen molar-refractivity contribution < 1.29 is 9.53 Å². The van der Waals surface area contributed by atoms with Crippen molar-refractivity contribution >= 4 is 5.91 Å². The van der Waals surface area contributed by atoms with E-state index in [1.807, 2.05) is 42.2 Å². The van der Waals surface area contributed by atoms with Crippen molar-refractivity contribution in [2.75, 3.05) is 19.7 Å². The normalized spacial score (nSPS) is 15.7. The number of likely N-dealkylation sites (tertiary alicyclic amines) is 1. The molecule has 0 aliphatic carbocycles. The van der Waals surface area contributed by atoms with E-state index in [0.717, 1.165) is 17.7 Å². The predicted octanol–water partition coefficient (Wildman–Crippen LogP) is 3.62. The second-order valence-electron chi connectivity index (χ2n) is 8.28. The van der Waals surface area contributed by atoms with E-state index < -0.39 is 0 Å². The van der Waals surface area contributed by atoms with Gasteiger partial charge in [0.25, 0.3) is 5.56 Å². The van der Waals surface area contributed by atoms with Crippen LogP contribution < -0.4 is 10.3 Å². The van der Waals surface area contributed by atoms with E-state index in [1.165, 1.54) is 11.6 Å². The molecule has 1 aliphatic heterocycles. The second-order valence-corrected chi connectivity index (χ2v) is 8.28. The van der Waals surface area contributed by atoms with Crippen LogP contribution in [0.2, 0.25) is 0 Å². The summed E-state index contributed by atoms with van der Waals surface area (Å²) in [5.74, 6) is 1.50. The van der Waals surface area contributed by atoms with E-state index >= 15 is 0 Å². The van der Waals surface area contributed by atoms with E-state index in [2.05, 4.69) is 27.9 Å². The smallest absolute Gasteiger partial charge is 0.251 e.